The van der Waals surface area contributed by atoms with Crippen molar-refractivity contribution in [2.24, 2.45) is 5.41 Å². The van der Waals surface area contributed by atoms with Gasteiger partial charge in [0.1, 0.15) is 17.6 Å². The maximum absolute atomic E-state index is 9.66. The van der Waals surface area contributed by atoms with Gasteiger partial charge in [-0.15, -0.1) is 0 Å². The Labute approximate surface area is 102 Å². The summed E-state index contributed by atoms with van der Waals surface area (Å²) in [5, 5.41) is 9.66. The minimum atomic E-state index is -0.262. The fourth-order valence-corrected chi connectivity index (χ4v) is 2.03. The third kappa shape index (κ3) is 2.39. The molecule has 1 fully saturated rings. The second-order valence-corrected chi connectivity index (χ2v) is 5.09. The Balaban J connectivity index is 2.02. The van der Waals surface area contributed by atoms with Gasteiger partial charge in [-0.1, -0.05) is 19.9 Å². The maximum Gasteiger partial charge on any atom is 0.123 e. The first-order chi connectivity index (χ1) is 8.04. The lowest BCUT2D eigenvalue weighted by Gasteiger charge is -2.48. The van der Waals surface area contributed by atoms with Crippen LogP contribution in [0.2, 0.25) is 0 Å². The molecule has 1 N–H and O–H groups in total. The first-order valence-electron chi connectivity index (χ1n) is 6.11. The van der Waals surface area contributed by atoms with Gasteiger partial charge in [0.05, 0.1) is 12.7 Å². The summed E-state index contributed by atoms with van der Waals surface area (Å²) < 4.78 is 11.3. The Morgan fingerprint density at radius 1 is 1.35 bits per heavy atom. The number of hydrogen-bond donors (Lipinski definition) is 1. The first-order valence-corrected chi connectivity index (χ1v) is 6.11. The highest BCUT2D eigenvalue weighted by atomic mass is 16.5. The molecule has 0 heterocycles. The number of benzene rings is 1. The summed E-state index contributed by atoms with van der Waals surface area (Å²) in [7, 11) is 0. The molecule has 1 aliphatic rings. The van der Waals surface area contributed by atoms with Crippen molar-refractivity contribution < 1.29 is 14.6 Å². The molecular formula is C14H20O3. The molecule has 2 unspecified atom stereocenters. The van der Waals surface area contributed by atoms with Gasteiger partial charge in [0.15, 0.2) is 0 Å². The third-order valence-electron chi connectivity index (χ3n) is 3.52. The van der Waals surface area contributed by atoms with E-state index < -0.39 is 0 Å². The summed E-state index contributed by atoms with van der Waals surface area (Å²) in [6.45, 7) is 6.66. The average molecular weight is 236 g/mol. The monoisotopic (exact) mass is 236 g/mol. The lowest BCUT2D eigenvalue weighted by atomic mass is 9.66. The molecule has 0 aromatic heterocycles. The van der Waals surface area contributed by atoms with Gasteiger partial charge in [-0.05, 0) is 19.1 Å². The van der Waals surface area contributed by atoms with E-state index in [0.717, 1.165) is 11.5 Å². The number of hydrogen-bond acceptors (Lipinski definition) is 3. The second kappa shape index (κ2) is 4.57. The Hall–Kier alpha value is -1.22. The number of ether oxygens (including phenoxy) is 2. The molecule has 1 aliphatic carbocycles. The van der Waals surface area contributed by atoms with E-state index in [9.17, 15) is 5.11 Å². The summed E-state index contributed by atoms with van der Waals surface area (Å²) >= 11 is 0. The molecule has 0 aliphatic heterocycles. The van der Waals surface area contributed by atoms with Crippen LogP contribution >= 0.6 is 0 Å². The van der Waals surface area contributed by atoms with E-state index in [0.29, 0.717) is 13.0 Å². The maximum atomic E-state index is 9.66. The Kier molecular flexibility index (Phi) is 3.29. The van der Waals surface area contributed by atoms with Gasteiger partial charge >= 0.3 is 0 Å². The van der Waals surface area contributed by atoms with Gasteiger partial charge in [-0.2, -0.15) is 0 Å². The molecule has 1 aromatic carbocycles. The molecule has 0 amide bonds. The SMILES string of the molecule is CCOc1cccc(OC2CC(O)C2(C)C)c1. The van der Waals surface area contributed by atoms with Gasteiger partial charge < -0.3 is 14.6 Å². The topological polar surface area (TPSA) is 38.7 Å². The molecular weight excluding hydrogens is 216 g/mol. The standard InChI is InChI=1S/C14H20O3/c1-4-16-10-6-5-7-11(8-10)17-13-9-12(15)14(13,2)3/h5-8,12-13,15H,4,9H2,1-3H3. The summed E-state index contributed by atoms with van der Waals surface area (Å²) in [6, 6.07) is 7.65. The van der Waals surface area contributed by atoms with Crippen LogP contribution in [-0.2, 0) is 0 Å². The highest BCUT2D eigenvalue weighted by Crippen LogP contribution is 2.43. The zero-order valence-corrected chi connectivity index (χ0v) is 10.6. The van der Waals surface area contributed by atoms with Crippen LogP contribution in [0.25, 0.3) is 0 Å². The normalized spacial score (nSPS) is 26.1. The van der Waals surface area contributed by atoms with Crippen LogP contribution in [0.5, 0.6) is 11.5 Å². The zero-order valence-electron chi connectivity index (χ0n) is 10.6. The van der Waals surface area contributed by atoms with Crippen LogP contribution in [0.15, 0.2) is 24.3 Å². The van der Waals surface area contributed by atoms with E-state index in [4.69, 9.17) is 9.47 Å². The van der Waals surface area contributed by atoms with Gasteiger partial charge in [0.25, 0.3) is 0 Å². The number of aliphatic hydroxyl groups is 1. The molecule has 0 spiro atoms. The van der Waals surface area contributed by atoms with Crippen LogP contribution in [0.1, 0.15) is 27.2 Å². The van der Waals surface area contributed by atoms with Crippen molar-refractivity contribution in [2.45, 2.75) is 39.4 Å². The molecule has 3 nitrogen and oxygen atoms in total. The summed E-state index contributed by atoms with van der Waals surface area (Å²) in [4.78, 5) is 0. The predicted octanol–water partition coefficient (Wildman–Crippen LogP) is 2.62. The quantitative estimate of drug-likeness (QED) is 0.873. The molecule has 0 bridgehead atoms. The van der Waals surface area contributed by atoms with Crippen LogP contribution in [0.4, 0.5) is 0 Å². The predicted molar refractivity (Wildman–Crippen MR) is 66.4 cm³/mol. The van der Waals surface area contributed by atoms with Gasteiger partial charge in [0.2, 0.25) is 0 Å². The first kappa shape index (κ1) is 12.2. The van der Waals surface area contributed by atoms with Crippen LogP contribution in [-0.4, -0.2) is 23.9 Å². The molecule has 0 saturated heterocycles. The second-order valence-electron chi connectivity index (χ2n) is 5.09. The molecule has 0 radical (unpaired) electrons. The number of rotatable bonds is 4. The van der Waals surface area contributed by atoms with Crippen molar-refractivity contribution in [3.05, 3.63) is 24.3 Å². The summed E-state index contributed by atoms with van der Waals surface area (Å²) in [5.41, 5.74) is -0.165. The molecule has 94 valence electrons. The lowest BCUT2D eigenvalue weighted by Crippen LogP contribution is -2.56. The fraction of sp³-hybridized carbons (Fsp3) is 0.571. The smallest absolute Gasteiger partial charge is 0.123 e. The molecule has 1 aromatic rings. The number of aliphatic hydroxyl groups excluding tert-OH is 1. The van der Waals surface area contributed by atoms with E-state index in [1.165, 1.54) is 0 Å². The van der Waals surface area contributed by atoms with Crippen LogP contribution in [0, 0.1) is 5.41 Å². The molecule has 1 saturated carbocycles. The minimum Gasteiger partial charge on any atom is -0.494 e. The zero-order chi connectivity index (χ0) is 12.5. The lowest BCUT2D eigenvalue weighted by molar-refractivity contribution is -0.134. The largest absolute Gasteiger partial charge is 0.494 e. The van der Waals surface area contributed by atoms with Crippen molar-refractivity contribution in [3.8, 4) is 11.5 Å². The Bertz CT molecular complexity index is 387. The summed E-state index contributed by atoms with van der Waals surface area (Å²) in [6.07, 6.45) is 0.517. The van der Waals surface area contributed by atoms with Gasteiger partial charge in [-0.25, -0.2) is 0 Å². The van der Waals surface area contributed by atoms with E-state index >= 15 is 0 Å². The third-order valence-corrected chi connectivity index (χ3v) is 3.52. The Morgan fingerprint density at radius 2 is 2.06 bits per heavy atom. The van der Waals surface area contributed by atoms with E-state index in [1.807, 2.05) is 45.0 Å². The summed E-state index contributed by atoms with van der Waals surface area (Å²) in [5.74, 6) is 1.63. The van der Waals surface area contributed by atoms with Gasteiger partial charge in [-0.3, -0.25) is 0 Å². The van der Waals surface area contributed by atoms with Crippen LogP contribution < -0.4 is 9.47 Å². The highest BCUT2D eigenvalue weighted by Gasteiger charge is 2.49. The van der Waals surface area contributed by atoms with E-state index in [1.54, 1.807) is 0 Å². The van der Waals surface area contributed by atoms with Gasteiger partial charge in [0, 0.05) is 17.9 Å². The minimum absolute atomic E-state index is 0.0781. The van der Waals surface area contributed by atoms with Crippen molar-refractivity contribution in [1.29, 1.82) is 0 Å². The van der Waals surface area contributed by atoms with Crippen molar-refractivity contribution in [1.82, 2.24) is 0 Å². The molecule has 2 atom stereocenters. The van der Waals surface area contributed by atoms with Crippen LogP contribution in [0.3, 0.4) is 0 Å². The Morgan fingerprint density at radius 3 is 2.65 bits per heavy atom. The molecule has 3 heteroatoms. The van der Waals surface area contributed by atoms with E-state index in [2.05, 4.69) is 0 Å². The molecule has 17 heavy (non-hydrogen) atoms. The molecule has 2 rings (SSSR count). The average Bonchev–Trinajstić information content (AvgIpc) is 2.30. The van der Waals surface area contributed by atoms with Crippen molar-refractivity contribution in [3.63, 3.8) is 0 Å². The van der Waals surface area contributed by atoms with E-state index in [-0.39, 0.29) is 17.6 Å². The fourth-order valence-electron chi connectivity index (χ4n) is 2.03. The van der Waals surface area contributed by atoms with Crippen molar-refractivity contribution >= 4 is 0 Å². The highest BCUT2D eigenvalue weighted by molar-refractivity contribution is 5.33. The van der Waals surface area contributed by atoms with Crippen molar-refractivity contribution in [2.75, 3.05) is 6.61 Å².